The third-order valence-corrected chi connectivity index (χ3v) is 3.39. The number of nitrogens with zero attached hydrogens (tertiary/aromatic N) is 1. The largest absolute Gasteiger partial charge is 0.473 e. The summed E-state index contributed by atoms with van der Waals surface area (Å²) in [5, 5.41) is 0. The molecule has 3 heteroatoms. The van der Waals surface area contributed by atoms with Gasteiger partial charge in [0.2, 0.25) is 5.88 Å². The van der Waals surface area contributed by atoms with E-state index in [2.05, 4.69) is 11.9 Å². The van der Waals surface area contributed by atoms with Crippen LogP contribution in [0, 0.1) is 5.92 Å². The first-order valence-electron chi connectivity index (χ1n) is 6.16. The molecule has 1 aromatic heterocycles. The molecule has 88 valence electrons. The monoisotopic (exact) mass is 220 g/mol. The van der Waals surface area contributed by atoms with Crippen LogP contribution < -0.4 is 10.5 Å². The quantitative estimate of drug-likeness (QED) is 0.851. The van der Waals surface area contributed by atoms with Crippen LogP contribution in [0.4, 0.5) is 5.69 Å². The summed E-state index contributed by atoms with van der Waals surface area (Å²) in [7, 11) is 0. The normalized spacial score (nSPS) is 25.3. The summed E-state index contributed by atoms with van der Waals surface area (Å²) in [5.74, 6) is 1.41. The number of rotatable bonds is 3. The Morgan fingerprint density at radius 3 is 3.12 bits per heavy atom. The summed E-state index contributed by atoms with van der Waals surface area (Å²) >= 11 is 0. The molecule has 0 aromatic carbocycles. The van der Waals surface area contributed by atoms with Gasteiger partial charge in [-0.3, -0.25) is 0 Å². The van der Waals surface area contributed by atoms with E-state index in [9.17, 15) is 0 Å². The third kappa shape index (κ3) is 2.65. The second-order valence-electron chi connectivity index (χ2n) is 4.58. The van der Waals surface area contributed by atoms with E-state index in [0.717, 1.165) is 18.8 Å². The van der Waals surface area contributed by atoms with Gasteiger partial charge in [-0.1, -0.05) is 19.8 Å². The minimum Gasteiger partial charge on any atom is -0.473 e. The minimum absolute atomic E-state index is 0.302. The van der Waals surface area contributed by atoms with E-state index >= 15 is 0 Å². The molecule has 16 heavy (non-hydrogen) atoms. The topological polar surface area (TPSA) is 48.1 Å². The van der Waals surface area contributed by atoms with Crippen LogP contribution in [0.25, 0.3) is 0 Å². The number of nitrogens with two attached hydrogens (primary N) is 1. The number of aromatic nitrogens is 1. The van der Waals surface area contributed by atoms with Gasteiger partial charge in [-0.15, -0.1) is 0 Å². The van der Waals surface area contributed by atoms with Gasteiger partial charge < -0.3 is 10.5 Å². The Bertz CT molecular complexity index is 340. The van der Waals surface area contributed by atoms with Gasteiger partial charge in [-0.05, 0) is 37.3 Å². The maximum absolute atomic E-state index is 5.88. The van der Waals surface area contributed by atoms with Crippen LogP contribution in [0.1, 0.15) is 39.0 Å². The standard InChI is InChI=1S/C13H20N2O/c1-2-10-5-3-6-11(9-10)16-13-12(14)7-4-8-15-13/h4,7-8,10-11H,2-3,5-6,9,14H2,1H3. The van der Waals surface area contributed by atoms with Crippen LogP contribution in [0.15, 0.2) is 18.3 Å². The maximum Gasteiger partial charge on any atom is 0.237 e. The van der Waals surface area contributed by atoms with Crippen molar-refractivity contribution < 1.29 is 4.74 Å². The van der Waals surface area contributed by atoms with E-state index in [1.54, 1.807) is 6.20 Å². The average Bonchev–Trinajstić information content (AvgIpc) is 2.32. The van der Waals surface area contributed by atoms with Gasteiger partial charge in [0.25, 0.3) is 0 Å². The lowest BCUT2D eigenvalue weighted by molar-refractivity contribution is 0.118. The molecule has 1 aliphatic carbocycles. The van der Waals surface area contributed by atoms with Crippen LogP contribution in [-0.2, 0) is 0 Å². The van der Waals surface area contributed by atoms with Gasteiger partial charge >= 0.3 is 0 Å². The van der Waals surface area contributed by atoms with Crippen molar-refractivity contribution in [3.05, 3.63) is 18.3 Å². The number of hydrogen-bond acceptors (Lipinski definition) is 3. The third-order valence-electron chi connectivity index (χ3n) is 3.39. The molecule has 1 fully saturated rings. The Hall–Kier alpha value is -1.25. The molecule has 0 bridgehead atoms. The highest BCUT2D eigenvalue weighted by Gasteiger charge is 2.22. The van der Waals surface area contributed by atoms with Gasteiger partial charge in [0.05, 0.1) is 5.69 Å². The molecule has 2 atom stereocenters. The van der Waals surface area contributed by atoms with E-state index in [4.69, 9.17) is 10.5 Å². The summed E-state index contributed by atoms with van der Waals surface area (Å²) in [6.07, 6.45) is 8.16. The van der Waals surface area contributed by atoms with Crippen LogP contribution >= 0.6 is 0 Å². The van der Waals surface area contributed by atoms with Crippen molar-refractivity contribution in [2.24, 2.45) is 5.92 Å². The fourth-order valence-electron chi connectivity index (χ4n) is 2.38. The van der Waals surface area contributed by atoms with Crippen molar-refractivity contribution in [2.75, 3.05) is 5.73 Å². The maximum atomic E-state index is 5.88. The molecule has 0 radical (unpaired) electrons. The van der Waals surface area contributed by atoms with Crippen molar-refractivity contribution in [1.82, 2.24) is 4.98 Å². The predicted octanol–water partition coefficient (Wildman–Crippen LogP) is 3.01. The SMILES string of the molecule is CCC1CCCC(Oc2ncccc2N)C1. The lowest BCUT2D eigenvalue weighted by atomic mass is 9.85. The fourth-order valence-corrected chi connectivity index (χ4v) is 2.38. The highest BCUT2D eigenvalue weighted by atomic mass is 16.5. The zero-order valence-electron chi connectivity index (χ0n) is 9.86. The van der Waals surface area contributed by atoms with Crippen LogP contribution in [0.5, 0.6) is 5.88 Å². The van der Waals surface area contributed by atoms with Crippen molar-refractivity contribution in [2.45, 2.75) is 45.1 Å². The van der Waals surface area contributed by atoms with Gasteiger partial charge in [0, 0.05) is 6.20 Å². The molecular formula is C13H20N2O. The van der Waals surface area contributed by atoms with Crippen molar-refractivity contribution >= 4 is 5.69 Å². The summed E-state index contributed by atoms with van der Waals surface area (Å²) in [5.41, 5.74) is 6.46. The molecule has 3 nitrogen and oxygen atoms in total. The Morgan fingerprint density at radius 2 is 2.38 bits per heavy atom. The molecule has 1 saturated carbocycles. The smallest absolute Gasteiger partial charge is 0.237 e. The summed E-state index contributed by atoms with van der Waals surface area (Å²) in [6, 6.07) is 3.67. The summed E-state index contributed by atoms with van der Waals surface area (Å²) < 4.78 is 5.88. The Balaban J connectivity index is 1.97. The second kappa shape index (κ2) is 5.19. The molecule has 2 rings (SSSR count). The van der Waals surface area contributed by atoms with Gasteiger partial charge in [-0.25, -0.2) is 4.98 Å². The van der Waals surface area contributed by atoms with Gasteiger partial charge in [-0.2, -0.15) is 0 Å². The summed E-state index contributed by atoms with van der Waals surface area (Å²) in [6.45, 7) is 2.25. The number of nitrogen functional groups attached to an aromatic ring is 1. The van der Waals surface area contributed by atoms with Crippen molar-refractivity contribution in [3.63, 3.8) is 0 Å². The number of pyridine rings is 1. The molecule has 0 spiro atoms. The Labute approximate surface area is 97.0 Å². The zero-order chi connectivity index (χ0) is 11.4. The second-order valence-corrected chi connectivity index (χ2v) is 4.58. The summed E-state index contributed by atoms with van der Waals surface area (Å²) in [4.78, 5) is 4.18. The van der Waals surface area contributed by atoms with Gasteiger partial charge in [0.15, 0.2) is 0 Å². The zero-order valence-corrected chi connectivity index (χ0v) is 9.86. The number of ether oxygens (including phenoxy) is 1. The van der Waals surface area contributed by atoms with Crippen LogP contribution in [0.3, 0.4) is 0 Å². The van der Waals surface area contributed by atoms with Crippen LogP contribution in [0.2, 0.25) is 0 Å². The fraction of sp³-hybridized carbons (Fsp3) is 0.615. The first-order chi connectivity index (χ1) is 7.79. The van der Waals surface area contributed by atoms with E-state index < -0.39 is 0 Å². The lowest BCUT2D eigenvalue weighted by Gasteiger charge is -2.28. The molecule has 2 N–H and O–H groups in total. The van der Waals surface area contributed by atoms with Gasteiger partial charge in [0.1, 0.15) is 6.10 Å². The van der Waals surface area contributed by atoms with E-state index in [-0.39, 0.29) is 0 Å². The van der Waals surface area contributed by atoms with Crippen molar-refractivity contribution in [1.29, 1.82) is 0 Å². The molecule has 2 unspecified atom stereocenters. The Morgan fingerprint density at radius 1 is 1.50 bits per heavy atom. The molecular weight excluding hydrogens is 200 g/mol. The van der Waals surface area contributed by atoms with E-state index in [1.165, 1.54) is 19.3 Å². The molecule has 0 saturated heterocycles. The molecule has 1 heterocycles. The highest BCUT2D eigenvalue weighted by molar-refractivity contribution is 5.46. The van der Waals surface area contributed by atoms with E-state index in [0.29, 0.717) is 17.7 Å². The van der Waals surface area contributed by atoms with E-state index in [1.807, 2.05) is 12.1 Å². The first-order valence-corrected chi connectivity index (χ1v) is 6.16. The first kappa shape index (κ1) is 11.2. The Kier molecular flexibility index (Phi) is 3.65. The number of hydrogen-bond donors (Lipinski definition) is 1. The van der Waals surface area contributed by atoms with Crippen LogP contribution in [-0.4, -0.2) is 11.1 Å². The number of anilines is 1. The lowest BCUT2D eigenvalue weighted by Crippen LogP contribution is -2.25. The molecule has 0 amide bonds. The molecule has 0 aliphatic heterocycles. The average molecular weight is 220 g/mol. The molecule has 1 aliphatic rings. The predicted molar refractivity (Wildman–Crippen MR) is 65.3 cm³/mol. The van der Waals surface area contributed by atoms with Crippen molar-refractivity contribution in [3.8, 4) is 5.88 Å². The minimum atomic E-state index is 0.302. The molecule has 1 aromatic rings. The highest BCUT2D eigenvalue weighted by Crippen LogP contribution is 2.30.